The second-order valence-electron chi connectivity index (χ2n) is 5.50. The molecule has 1 fully saturated rings. The minimum Gasteiger partial charge on any atom is -0.451 e. The largest absolute Gasteiger partial charge is 0.451 e. The monoisotopic (exact) mass is 335 g/mol. The summed E-state index contributed by atoms with van der Waals surface area (Å²) < 4.78 is 6.66. The van der Waals surface area contributed by atoms with Gasteiger partial charge in [-0.15, -0.1) is 0 Å². The number of hydrogen-bond acceptors (Lipinski definition) is 2. The number of nitrogens with zero attached hydrogens (tertiary/aromatic N) is 1. The second kappa shape index (κ2) is 5.60. The summed E-state index contributed by atoms with van der Waals surface area (Å²) in [5.41, 5.74) is 0.750. The molecule has 1 aromatic heterocycles. The predicted molar refractivity (Wildman–Crippen MR) is 82.9 cm³/mol. The molecule has 0 N–H and O–H groups in total. The van der Waals surface area contributed by atoms with Crippen LogP contribution in [0.3, 0.4) is 0 Å². The lowest BCUT2D eigenvalue weighted by molar-refractivity contribution is 0.0666. The summed E-state index contributed by atoms with van der Waals surface area (Å²) in [5.74, 6) is 0.426. The molecule has 0 bridgehead atoms. The fourth-order valence-electron chi connectivity index (χ4n) is 2.92. The molecule has 2 aromatic rings. The van der Waals surface area contributed by atoms with Gasteiger partial charge in [-0.3, -0.25) is 4.79 Å². The van der Waals surface area contributed by atoms with Gasteiger partial charge in [0.2, 0.25) is 0 Å². The second-order valence-corrected chi connectivity index (χ2v) is 6.42. The van der Waals surface area contributed by atoms with Crippen LogP contribution in [0.5, 0.6) is 0 Å². The van der Waals surface area contributed by atoms with E-state index in [9.17, 15) is 4.79 Å². The van der Waals surface area contributed by atoms with Crippen LogP contribution in [0.2, 0.25) is 0 Å². The van der Waals surface area contributed by atoms with Crippen molar-refractivity contribution < 1.29 is 9.21 Å². The summed E-state index contributed by atoms with van der Waals surface area (Å²) in [6.45, 7) is 0. The highest BCUT2D eigenvalue weighted by Crippen LogP contribution is 2.26. The first-order chi connectivity index (χ1) is 9.65. The maximum atomic E-state index is 12.5. The Kier molecular flexibility index (Phi) is 3.83. The average molecular weight is 336 g/mol. The molecule has 0 radical (unpaired) electrons. The molecule has 0 unspecified atom stereocenters. The van der Waals surface area contributed by atoms with Crippen molar-refractivity contribution >= 4 is 32.8 Å². The van der Waals surface area contributed by atoms with Crippen LogP contribution in [0.1, 0.15) is 42.7 Å². The maximum Gasteiger partial charge on any atom is 0.289 e. The number of halogens is 1. The predicted octanol–water partition coefficient (Wildman–Crippen LogP) is 4.60. The van der Waals surface area contributed by atoms with Crippen LogP contribution in [0, 0.1) is 0 Å². The zero-order valence-corrected chi connectivity index (χ0v) is 13.1. The van der Waals surface area contributed by atoms with Gasteiger partial charge in [0.05, 0.1) is 0 Å². The summed E-state index contributed by atoms with van der Waals surface area (Å²) in [7, 11) is 1.89. The molecule has 4 heteroatoms. The topological polar surface area (TPSA) is 33.5 Å². The molecule has 0 aliphatic heterocycles. The Labute approximate surface area is 127 Å². The molecule has 1 aromatic carbocycles. The van der Waals surface area contributed by atoms with Gasteiger partial charge in [0.15, 0.2) is 5.76 Å². The van der Waals surface area contributed by atoms with E-state index in [4.69, 9.17) is 4.42 Å². The molecule has 3 nitrogen and oxygen atoms in total. The molecule has 1 aliphatic rings. The summed E-state index contributed by atoms with van der Waals surface area (Å²) in [6.07, 6.45) is 5.93. The molecule has 106 valence electrons. The van der Waals surface area contributed by atoms with Crippen LogP contribution >= 0.6 is 15.9 Å². The molecule has 1 saturated carbocycles. The van der Waals surface area contributed by atoms with Gasteiger partial charge in [0.1, 0.15) is 5.58 Å². The quantitative estimate of drug-likeness (QED) is 0.803. The Morgan fingerprint density at radius 3 is 2.75 bits per heavy atom. The highest BCUT2D eigenvalue weighted by atomic mass is 79.9. The first kappa shape index (κ1) is 13.7. The van der Waals surface area contributed by atoms with Crippen LogP contribution in [-0.2, 0) is 0 Å². The molecule has 0 spiro atoms. The number of benzene rings is 1. The molecular formula is C16H18BrNO2. The Hall–Kier alpha value is -1.29. The molecule has 1 aliphatic carbocycles. The van der Waals surface area contributed by atoms with Gasteiger partial charge in [-0.25, -0.2) is 0 Å². The Morgan fingerprint density at radius 1 is 1.25 bits per heavy atom. The first-order valence-electron chi connectivity index (χ1n) is 7.11. The minimum absolute atomic E-state index is 0.00998. The van der Waals surface area contributed by atoms with E-state index in [0.717, 1.165) is 28.3 Å². The van der Waals surface area contributed by atoms with Gasteiger partial charge in [0.25, 0.3) is 5.91 Å². The van der Waals surface area contributed by atoms with Crippen molar-refractivity contribution in [2.24, 2.45) is 0 Å². The number of fused-ring (bicyclic) bond motifs is 1. The number of furan rings is 1. The number of rotatable bonds is 2. The van der Waals surface area contributed by atoms with Crippen molar-refractivity contribution in [3.63, 3.8) is 0 Å². The highest BCUT2D eigenvalue weighted by Gasteiger charge is 2.25. The maximum absolute atomic E-state index is 12.5. The van der Waals surface area contributed by atoms with Crippen LogP contribution < -0.4 is 0 Å². The van der Waals surface area contributed by atoms with Crippen LogP contribution in [0.4, 0.5) is 0 Å². The van der Waals surface area contributed by atoms with Crippen molar-refractivity contribution in [1.29, 1.82) is 0 Å². The summed E-state index contributed by atoms with van der Waals surface area (Å²) in [4.78, 5) is 14.4. The third-order valence-corrected chi connectivity index (χ3v) is 4.63. The lowest BCUT2D eigenvalue weighted by atomic mass is 9.94. The van der Waals surface area contributed by atoms with E-state index in [1.165, 1.54) is 19.3 Å². The fraction of sp³-hybridized carbons (Fsp3) is 0.438. The number of carbonyl (C=O) groups is 1. The van der Waals surface area contributed by atoms with E-state index in [1.807, 2.05) is 36.2 Å². The van der Waals surface area contributed by atoms with Gasteiger partial charge >= 0.3 is 0 Å². The number of carbonyl (C=O) groups excluding carboxylic acids is 1. The van der Waals surface area contributed by atoms with Gasteiger partial charge in [-0.05, 0) is 37.1 Å². The number of hydrogen-bond donors (Lipinski definition) is 0. The van der Waals surface area contributed by atoms with Crippen molar-refractivity contribution in [1.82, 2.24) is 4.90 Å². The lowest BCUT2D eigenvalue weighted by Gasteiger charge is -2.30. The standard InChI is InChI=1S/C16H18BrNO2/c1-18(13-5-3-2-4-6-13)16(19)15-9-11-7-8-12(17)10-14(11)20-15/h7-10,13H,2-6H2,1H3. The Balaban J connectivity index is 1.84. The highest BCUT2D eigenvalue weighted by molar-refractivity contribution is 9.10. The summed E-state index contributed by atoms with van der Waals surface area (Å²) in [5, 5.41) is 0.966. The van der Waals surface area contributed by atoms with Gasteiger partial charge in [-0.1, -0.05) is 35.2 Å². The molecule has 0 saturated heterocycles. The molecule has 1 heterocycles. The van der Waals surface area contributed by atoms with Crippen LogP contribution in [0.25, 0.3) is 11.0 Å². The molecular weight excluding hydrogens is 318 g/mol. The van der Waals surface area contributed by atoms with Crippen LogP contribution in [-0.4, -0.2) is 23.9 Å². The van der Waals surface area contributed by atoms with Crippen molar-refractivity contribution in [3.8, 4) is 0 Å². The molecule has 3 rings (SSSR count). The minimum atomic E-state index is -0.00998. The zero-order chi connectivity index (χ0) is 14.1. The van der Waals surface area contributed by atoms with Gasteiger partial charge in [-0.2, -0.15) is 0 Å². The van der Waals surface area contributed by atoms with E-state index >= 15 is 0 Å². The van der Waals surface area contributed by atoms with E-state index < -0.39 is 0 Å². The number of amides is 1. The molecule has 1 amide bonds. The van der Waals surface area contributed by atoms with Gasteiger partial charge in [0, 0.05) is 22.9 Å². The zero-order valence-electron chi connectivity index (χ0n) is 11.6. The Morgan fingerprint density at radius 2 is 2.00 bits per heavy atom. The molecule has 0 atom stereocenters. The van der Waals surface area contributed by atoms with E-state index in [0.29, 0.717) is 11.8 Å². The van der Waals surface area contributed by atoms with E-state index in [2.05, 4.69) is 15.9 Å². The van der Waals surface area contributed by atoms with E-state index in [-0.39, 0.29) is 5.91 Å². The normalized spacial score (nSPS) is 16.5. The smallest absolute Gasteiger partial charge is 0.289 e. The summed E-state index contributed by atoms with van der Waals surface area (Å²) in [6, 6.07) is 8.00. The summed E-state index contributed by atoms with van der Waals surface area (Å²) >= 11 is 3.41. The molecule has 20 heavy (non-hydrogen) atoms. The fourth-order valence-corrected chi connectivity index (χ4v) is 3.26. The Bertz CT molecular complexity index is 628. The first-order valence-corrected chi connectivity index (χ1v) is 7.91. The van der Waals surface area contributed by atoms with Crippen molar-refractivity contribution in [2.45, 2.75) is 38.1 Å². The lowest BCUT2D eigenvalue weighted by Crippen LogP contribution is -2.38. The third-order valence-electron chi connectivity index (χ3n) is 4.14. The van der Waals surface area contributed by atoms with Crippen molar-refractivity contribution in [2.75, 3.05) is 7.05 Å². The average Bonchev–Trinajstić information content (AvgIpc) is 2.89. The van der Waals surface area contributed by atoms with Crippen LogP contribution in [0.15, 0.2) is 33.2 Å². The SMILES string of the molecule is CN(C(=O)c1cc2ccc(Br)cc2o1)C1CCCCC1. The van der Waals surface area contributed by atoms with Gasteiger partial charge < -0.3 is 9.32 Å². The van der Waals surface area contributed by atoms with E-state index in [1.54, 1.807) is 0 Å². The third kappa shape index (κ3) is 2.62. The van der Waals surface area contributed by atoms with Crippen molar-refractivity contribution in [3.05, 3.63) is 34.5 Å².